The molecule has 0 aliphatic carbocycles. The van der Waals surface area contributed by atoms with E-state index in [9.17, 15) is 4.79 Å². The van der Waals surface area contributed by atoms with Crippen molar-refractivity contribution in [2.75, 3.05) is 0 Å². The Morgan fingerprint density at radius 1 is 0.920 bits per heavy atom. The van der Waals surface area contributed by atoms with Crippen LogP contribution in [0.1, 0.15) is 15.9 Å². The van der Waals surface area contributed by atoms with Crippen molar-refractivity contribution in [2.24, 2.45) is 0 Å². The zero-order valence-corrected chi connectivity index (χ0v) is 13.5. The summed E-state index contributed by atoms with van der Waals surface area (Å²) in [7, 11) is 0. The van der Waals surface area contributed by atoms with E-state index in [2.05, 4.69) is 10.5 Å². The van der Waals surface area contributed by atoms with Crippen LogP contribution in [-0.4, -0.2) is 11.1 Å². The molecule has 0 spiro atoms. The van der Waals surface area contributed by atoms with Gasteiger partial charge in [0.2, 0.25) is 0 Å². The first-order valence-corrected chi connectivity index (χ1v) is 8.08. The zero-order chi connectivity index (χ0) is 17.1. The van der Waals surface area contributed by atoms with E-state index in [-0.39, 0.29) is 5.91 Å². The second-order valence-corrected chi connectivity index (χ2v) is 5.78. The van der Waals surface area contributed by atoms with Gasteiger partial charge >= 0.3 is 0 Å². The molecule has 1 aromatic heterocycles. The number of carbonyl (C=O) groups excluding carboxylic acids is 1. The largest absolute Gasteiger partial charge is 0.355 e. The highest BCUT2D eigenvalue weighted by molar-refractivity contribution is 6.00. The van der Waals surface area contributed by atoms with Crippen LogP contribution in [-0.2, 0) is 6.54 Å². The van der Waals surface area contributed by atoms with Crippen LogP contribution < -0.4 is 5.32 Å². The molecule has 1 amide bonds. The number of nitrogens with one attached hydrogen (secondary N) is 1. The molecule has 0 atom stereocenters. The maximum Gasteiger partial charge on any atom is 0.251 e. The fourth-order valence-corrected chi connectivity index (χ4v) is 2.76. The molecular formula is C21H16N2O2. The molecule has 4 rings (SSSR count). The summed E-state index contributed by atoms with van der Waals surface area (Å²) in [5, 5.41) is 7.92. The van der Waals surface area contributed by atoms with Gasteiger partial charge in [-0.3, -0.25) is 4.79 Å². The number of benzene rings is 3. The van der Waals surface area contributed by atoms with E-state index in [4.69, 9.17) is 4.52 Å². The molecule has 0 bridgehead atoms. The maximum atomic E-state index is 12.4. The van der Waals surface area contributed by atoms with Gasteiger partial charge in [0.05, 0.1) is 0 Å². The van der Waals surface area contributed by atoms with Gasteiger partial charge in [0, 0.05) is 23.1 Å². The minimum atomic E-state index is -0.130. The van der Waals surface area contributed by atoms with Crippen molar-refractivity contribution in [3.05, 3.63) is 90.0 Å². The fraction of sp³-hybridized carbons (Fsp3) is 0.0476. The lowest BCUT2D eigenvalue weighted by Gasteiger charge is -2.05. The molecular weight excluding hydrogens is 312 g/mol. The molecule has 4 aromatic rings. The number of carbonyl (C=O) groups is 1. The van der Waals surface area contributed by atoms with Crippen molar-refractivity contribution in [3.63, 3.8) is 0 Å². The average Bonchev–Trinajstić information content (AvgIpc) is 3.11. The molecule has 3 aromatic carbocycles. The Hall–Kier alpha value is -3.40. The molecule has 0 saturated heterocycles. The first kappa shape index (κ1) is 15.1. The third-order valence-corrected chi connectivity index (χ3v) is 4.07. The van der Waals surface area contributed by atoms with Crippen molar-refractivity contribution >= 4 is 16.8 Å². The zero-order valence-electron chi connectivity index (χ0n) is 13.5. The van der Waals surface area contributed by atoms with Crippen LogP contribution in [0.25, 0.3) is 22.2 Å². The molecule has 4 nitrogen and oxygen atoms in total. The van der Waals surface area contributed by atoms with Gasteiger partial charge in [-0.1, -0.05) is 65.8 Å². The van der Waals surface area contributed by atoms with E-state index in [0.29, 0.717) is 23.4 Å². The van der Waals surface area contributed by atoms with E-state index in [1.807, 2.05) is 66.7 Å². The molecule has 1 heterocycles. The summed E-state index contributed by atoms with van der Waals surface area (Å²) >= 11 is 0. The average molecular weight is 328 g/mol. The minimum Gasteiger partial charge on any atom is -0.355 e. The summed E-state index contributed by atoms with van der Waals surface area (Å²) < 4.78 is 5.48. The number of aromatic nitrogens is 1. The summed E-state index contributed by atoms with van der Waals surface area (Å²) in [6, 6.07) is 25.1. The van der Waals surface area contributed by atoms with Crippen LogP contribution in [0.5, 0.6) is 0 Å². The normalized spacial score (nSPS) is 10.7. The Labute approximate surface area is 145 Å². The number of hydrogen-bond donors (Lipinski definition) is 1. The SMILES string of the molecule is O=C(NCc1ccccc1)c1ccc2c(-c3ccccc3)onc2c1. The van der Waals surface area contributed by atoms with E-state index in [1.54, 1.807) is 12.1 Å². The topological polar surface area (TPSA) is 55.1 Å². The highest BCUT2D eigenvalue weighted by atomic mass is 16.5. The van der Waals surface area contributed by atoms with Gasteiger partial charge in [0.25, 0.3) is 5.91 Å². The lowest BCUT2D eigenvalue weighted by Crippen LogP contribution is -2.22. The van der Waals surface area contributed by atoms with E-state index in [1.165, 1.54) is 0 Å². The molecule has 0 saturated carbocycles. The van der Waals surface area contributed by atoms with E-state index in [0.717, 1.165) is 16.5 Å². The smallest absolute Gasteiger partial charge is 0.251 e. The fourth-order valence-electron chi connectivity index (χ4n) is 2.76. The van der Waals surface area contributed by atoms with Crippen LogP contribution >= 0.6 is 0 Å². The number of nitrogens with zero attached hydrogens (tertiary/aromatic N) is 1. The van der Waals surface area contributed by atoms with Crippen LogP contribution in [0.3, 0.4) is 0 Å². The van der Waals surface area contributed by atoms with Gasteiger partial charge in [-0.15, -0.1) is 0 Å². The highest BCUT2D eigenvalue weighted by Crippen LogP contribution is 2.28. The van der Waals surface area contributed by atoms with Gasteiger partial charge < -0.3 is 9.84 Å². The third-order valence-electron chi connectivity index (χ3n) is 4.07. The van der Waals surface area contributed by atoms with E-state index >= 15 is 0 Å². The molecule has 0 radical (unpaired) electrons. The van der Waals surface area contributed by atoms with Gasteiger partial charge in [0.15, 0.2) is 5.76 Å². The van der Waals surface area contributed by atoms with Crippen molar-refractivity contribution < 1.29 is 9.32 Å². The molecule has 122 valence electrons. The molecule has 1 N–H and O–H groups in total. The molecule has 0 aliphatic rings. The first-order chi connectivity index (χ1) is 12.3. The Morgan fingerprint density at radius 2 is 1.64 bits per heavy atom. The molecule has 0 unspecified atom stereocenters. The predicted octanol–water partition coefficient (Wildman–Crippen LogP) is 4.42. The quantitative estimate of drug-likeness (QED) is 0.603. The van der Waals surface area contributed by atoms with Crippen LogP contribution in [0.15, 0.2) is 83.4 Å². The molecule has 0 fully saturated rings. The Morgan fingerprint density at radius 3 is 2.40 bits per heavy atom. The van der Waals surface area contributed by atoms with Crippen molar-refractivity contribution in [1.29, 1.82) is 0 Å². The Bertz CT molecular complexity index is 1010. The minimum absolute atomic E-state index is 0.130. The Kier molecular flexibility index (Phi) is 4.01. The predicted molar refractivity (Wildman–Crippen MR) is 97.1 cm³/mol. The summed E-state index contributed by atoms with van der Waals surface area (Å²) in [6.07, 6.45) is 0. The summed E-state index contributed by atoms with van der Waals surface area (Å²) in [4.78, 5) is 12.4. The number of amides is 1. The second kappa shape index (κ2) is 6.61. The summed E-state index contributed by atoms with van der Waals surface area (Å²) in [5.74, 6) is 0.585. The highest BCUT2D eigenvalue weighted by Gasteiger charge is 2.13. The van der Waals surface area contributed by atoms with Crippen LogP contribution in [0, 0.1) is 0 Å². The molecule has 25 heavy (non-hydrogen) atoms. The maximum absolute atomic E-state index is 12.4. The van der Waals surface area contributed by atoms with Gasteiger partial charge in [-0.05, 0) is 23.8 Å². The summed E-state index contributed by atoms with van der Waals surface area (Å²) in [5.41, 5.74) is 3.26. The standard InChI is InChI=1S/C21H16N2O2/c24-21(22-14-15-7-3-1-4-8-15)17-11-12-18-19(13-17)23-25-20(18)16-9-5-2-6-10-16/h1-13H,14H2,(H,22,24). The van der Waals surface area contributed by atoms with Gasteiger partial charge in [0.1, 0.15) is 5.52 Å². The van der Waals surface area contributed by atoms with Crippen LogP contribution in [0.4, 0.5) is 0 Å². The number of hydrogen-bond acceptors (Lipinski definition) is 3. The lowest BCUT2D eigenvalue weighted by atomic mass is 10.1. The number of rotatable bonds is 4. The van der Waals surface area contributed by atoms with Crippen LogP contribution in [0.2, 0.25) is 0 Å². The van der Waals surface area contributed by atoms with Gasteiger partial charge in [-0.25, -0.2) is 0 Å². The third kappa shape index (κ3) is 3.15. The monoisotopic (exact) mass is 328 g/mol. The molecule has 0 aliphatic heterocycles. The van der Waals surface area contributed by atoms with Crippen molar-refractivity contribution in [1.82, 2.24) is 10.5 Å². The van der Waals surface area contributed by atoms with Gasteiger partial charge in [-0.2, -0.15) is 0 Å². The number of fused-ring (bicyclic) bond motifs is 1. The van der Waals surface area contributed by atoms with E-state index < -0.39 is 0 Å². The van der Waals surface area contributed by atoms with Crippen molar-refractivity contribution in [2.45, 2.75) is 6.54 Å². The Balaban J connectivity index is 1.56. The first-order valence-electron chi connectivity index (χ1n) is 8.08. The van der Waals surface area contributed by atoms with Crippen molar-refractivity contribution in [3.8, 4) is 11.3 Å². The second-order valence-electron chi connectivity index (χ2n) is 5.78. The summed E-state index contributed by atoms with van der Waals surface area (Å²) in [6.45, 7) is 0.492. The molecule has 4 heteroatoms. The lowest BCUT2D eigenvalue weighted by molar-refractivity contribution is 0.0951.